The van der Waals surface area contributed by atoms with Crippen molar-refractivity contribution in [1.82, 2.24) is 10.0 Å². The zero-order valence-corrected chi connectivity index (χ0v) is 16.5. The molecule has 0 aliphatic carbocycles. The Morgan fingerprint density at radius 3 is 2.45 bits per heavy atom. The van der Waals surface area contributed by atoms with Crippen molar-refractivity contribution in [3.05, 3.63) is 64.4 Å². The molecular weight excluding hydrogens is 436 g/mol. The molecular formula is C18H17ClF4N2O3S. The number of amides is 1. The number of benzene rings is 2. The number of hydrogen-bond donors (Lipinski definition) is 2. The molecule has 0 aliphatic heterocycles. The molecule has 0 aromatic heterocycles. The highest BCUT2D eigenvalue weighted by Gasteiger charge is 2.34. The first-order valence-corrected chi connectivity index (χ1v) is 10.2. The monoisotopic (exact) mass is 452 g/mol. The van der Waals surface area contributed by atoms with Gasteiger partial charge in [0.2, 0.25) is 15.9 Å². The number of halogens is 5. The lowest BCUT2D eigenvalue weighted by Gasteiger charge is -2.12. The van der Waals surface area contributed by atoms with Gasteiger partial charge in [-0.15, -0.1) is 0 Å². The lowest BCUT2D eigenvalue weighted by molar-refractivity contribution is -0.137. The van der Waals surface area contributed by atoms with Gasteiger partial charge in [0, 0.05) is 19.5 Å². The van der Waals surface area contributed by atoms with E-state index < -0.39 is 37.6 Å². The maximum absolute atomic E-state index is 13.1. The van der Waals surface area contributed by atoms with Crippen LogP contribution in [0.15, 0.2) is 47.4 Å². The number of sulfonamides is 1. The fourth-order valence-electron chi connectivity index (χ4n) is 2.40. The van der Waals surface area contributed by atoms with E-state index in [1.54, 1.807) is 12.1 Å². The van der Waals surface area contributed by atoms with Crippen LogP contribution in [0.4, 0.5) is 17.6 Å². The summed E-state index contributed by atoms with van der Waals surface area (Å²) in [5.41, 5.74) is -0.577. The Morgan fingerprint density at radius 2 is 1.79 bits per heavy atom. The molecule has 0 unspecified atom stereocenters. The predicted molar refractivity (Wildman–Crippen MR) is 99.4 cm³/mol. The van der Waals surface area contributed by atoms with E-state index in [4.69, 9.17) is 11.6 Å². The standard InChI is InChI=1S/C18H17ClF4N2O3S/c19-16-5-4-14(11-15(16)18(21,22)23)29(27,28)25-9-7-17(26)24-8-6-12-2-1-3-13(20)10-12/h1-5,10-11,25H,6-9H2,(H,24,26). The molecule has 0 heterocycles. The summed E-state index contributed by atoms with van der Waals surface area (Å²) in [4.78, 5) is 11.2. The van der Waals surface area contributed by atoms with E-state index in [1.165, 1.54) is 12.1 Å². The predicted octanol–water partition coefficient (Wildman–Crippen LogP) is 3.53. The molecule has 5 nitrogen and oxygen atoms in total. The Balaban J connectivity index is 1.85. The molecule has 0 atom stereocenters. The first kappa shape index (κ1) is 23.1. The molecule has 1 amide bonds. The largest absolute Gasteiger partial charge is 0.417 e. The third kappa shape index (κ3) is 6.98. The number of alkyl halides is 3. The van der Waals surface area contributed by atoms with Gasteiger partial charge in [0.05, 0.1) is 15.5 Å². The van der Waals surface area contributed by atoms with E-state index in [1.807, 2.05) is 0 Å². The molecule has 11 heteroatoms. The second-order valence-electron chi connectivity index (χ2n) is 6.02. The zero-order valence-electron chi connectivity index (χ0n) is 14.9. The van der Waals surface area contributed by atoms with Crippen LogP contribution in [0.25, 0.3) is 0 Å². The van der Waals surface area contributed by atoms with Crippen molar-refractivity contribution >= 4 is 27.5 Å². The van der Waals surface area contributed by atoms with Crippen LogP contribution in [0.1, 0.15) is 17.5 Å². The summed E-state index contributed by atoms with van der Waals surface area (Å²) in [6.07, 6.45) is -4.63. The Morgan fingerprint density at radius 1 is 1.07 bits per heavy atom. The average molecular weight is 453 g/mol. The summed E-state index contributed by atoms with van der Waals surface area (Å²) < 4.78 is 78.0. The minimum absolute atomic E-state index is 0.220. The number of rotatable bonds is 8. The van der Waals surface area contributed by atoms with E-state index in [-0.39, 0.29) is 25.3 Å². The van der Waals surface area contributed by atoms with Gasteiger partial charge in [0.15, 0.2) is 0 Å². The minimum atomic E-state index is -4.80. The summed E-state index contributed by atoms with van der Waals surface area (Å²) in [5.74, 6) is -0.852. The number of nitrogens with one attached hydrogen (secondary N) is 2. The van der Waals surface area contributed by atoms with Crippen molar-refractivity contribution in [2.24, 2.45) is 0 Å². The third-order valence-electron chi connectivity index (χ3n) is 3.82. The fraction of sp³-hybridized carbons (Fsp3) is 0.278. The highest BCUT2D eigenvalue weighted by Crippen LogP contribution is 2.35. The molecule has 2 aromatic rings. The molecule has 0 fully saturated rings. The van der Waals surface area contributed by atoms with Crippen LogP contribution in [0.5, 0.6) is 0 Å². The van der Waals surface area contributed by atoms with Crippen LogP contribution < -0.4 is 10.0 Å². The highest BCUT2D eigenvalue weighted by atomic mass is 35.5. The third-order valence-corrected chi connectivity index (χ3v) is 5.61. The maximum atomic E-state index is 13.1. The Bertz CT molecular complexity index is 981. The molecule has 158 valence electrons. The van der Waals surface area contributed by atoms with Gasteiger partial charge in [-0.2, -0.15) is 13.2 Å². The summed E-state index contributed by atoms with van der Waals surface area (Å²) in [6, 6.07) is 8.10. The van der Waals surface area contributed by atoms with Crippen molar-refractivity contribution in [3.8, 4) is 0 Å². The molecule has 0 aliphatic rings. The number of hydrogen-bond acceptors (Lipinski definition) is 3. The highest BCUT2D eigenvalue weighted by molar-refractivity contribution is 7.89. The Labute approximate surface area is 170 Å². The Kier molecular flexibility index (Phi) is 7.61. The van der Waals surface area contributed by atoms with Crippen LogP contribution in [0, 0.1) is 5.82 Å². The molecule has 0 saturated heterocycles. The van der Waals surface area contributed by atoms with Crippen molar-refractivity contribution in [1.29, 1.82) is 0 Å². The van der Waals surface area contributed by atoms with E-state index in [0.29, 0.717) is 18.1 Å². The van der Waals surface area contributed by atoms with Gasteiger partial charge in [-0.1, -0.05) is 23.7 Å². The number of carbonyl (C=O) groups is 1. The zero-order chi connectivity index (χ0) is 21.7. The average Bonchev–Trinajstić information content (AvgIpc) is 2.61. The lowest BCUT2D eigenvalue weighted by Crippen LogP contribution is -2.31. The first-order valence-electron chi connectivity index (χ1n) is 8.36. The van der Waals surface area contributed by atoms with Crippen LogP contribution in [0.2, 0.25) is 5.02 Å². The van der Waals surface area contributed by atoms with Crippen LogP contribution in [0.3, 0.4) is 0 Å². The smallest absolute Gasteiger partial charge is 0.356 e. The van der Waals surface area contributed by atoms with E-state index >= 15 is 0 Å². The second-order valence-corrected chi connectivity index (χ2v) is 8.19. The maximum Gasteiger partial charge on any atom is 0.417 e. The minimum Gasteiger partial charge on any atom is -0.356 e. The van der Waals surface area contributed by atoms with Crippen molar-refractivity contribution in [2.75, 3.05) is 13.1 Å². The van der Waals surface area contributed by atoms with E-state index in [9.17, 15) is 30.8 Å². The van der Waals surface area contributed by atoms with Gasteiger partial charge in [-0.25, -0.2) is 17.5 Å². The van der Waals surface area contributed by atoms with Gasteiger partial charge in [0.1, 0.15) is 5.82 Å². The van der Waals surface area contributed by atoms with Crippen molar-refractivity contribution in [3.63, 3.8) is 0 Å². The van der Waals surface area contributed by atoms with Gasteiger partial charge >= 0.3 is 6.18 Å². The van der Waals surface area contributed by atoms with E-state index in [2.05, 4.69) is 10.0 Å². The SMILES string of the molecule is O=C(CCNS(=O)(=O)c1ccc(Cl)c(C(F)(F)F)c1)NCCc1cccc(F)c1. The van der Waals surface area contributed by atoms with Crippen molar-refractivity contribution in [2.45, 2.75) is 23.9 Å². The van der Waals surface area contributed by atoms with Crippen molar-refractivity contribution < 1.29 is 30.8 Å². The number of carbonyl (C=O) groups excluding carboxylic acids is 1. The van der Waals surface area contributed by atoms with Crippen LogP contribution in [-0.2, 0) is 27.4 Å². The molecule has 0 saturated carbocycles. The molecule has 0 spiro atoms. The molecule has 2 aromatic carbocycles. The quantitative estimate of drug-likeness (QED) is 0.602. The van der Waals surface area contributed by atoms with Crippen LogP contribution in [-0.4, -0.2) is 27.4 Å². The fourth-order valence-corrected chi connectivity index (χ4v) is 3.68. The normalized spacial score (nSPS) is 12.0. The topological polar surface area (TPSA) is 75.3 Å². The Hall–Kier alpha value is -2.17. The van der Waals surface area contributed by atoms with Gasteiger partial charge in [-0.3, -0.25) is 4.79 Å². The molecule has 2 rings (SSSR count). The van der Waals surface area contributed by atoms with Gasteiger partial charge in [0.25, 0.3) is 0 Å². The molecule has 2 N–H and O–H groups in total. The van der Waals surface area contributed by atoms with Gasteiger partial charge < -0.3 is 5.32 Å². The van der Waals surface area contributed by atoms with Gasteiger partial charge in [-0.05, 0) is 42.3 Å². The summed E-state index contributed by atoms with van der Waals surface area (Å²) in [6.45, 7) is -0.0841. The summed E-state index contributed by atoms with van der Waals surface area (Å²) in [5, 5.41) is 1.93. The lowest BCUT2D eigenvalue weighted by atomic mass is 10.1. The summed E-state index contributed by atoms with van der Waals surface area (Å²) in [7, 11) is -4.25. The van der Waals surface area contributed by atoms with Crippen LogP contribution >= 0.6 is 11.6 Å². The second kappa shape index (κ2) is 9.55. The first-order chi connectivity index (χ1) is 13.5. The molecule has 0 radical (unpaired) electrons. The van der Waals surface area contributed by atoms with E-state index in [0.717, 1.165) is 12.1 Å². The molecule has 29 heavy (non-hydrogen) atoms. The summed E-state index contributed by atoms with van der Waals surface area (Å²) >= 11 is 5.47. The molecule has 0 bridgehead atoms.